The number of anilines is 1. The normalized spacial score (nSPS) is 10.6. The van der Waals surface area contributed by atoms with Crippen molar-refractivity contribution in [2.24, 2.45) is 0 Å². The summed E-state index contributed by atoms with van der Waals surface area (Å²) in [5.74, 6) is 6.12. The van der Waals surface area contributed by atoms with Crippen molar-refractivity contribution >= 4 is 46.6 Å². The van der Waals surface area contributed by atoms with E-state index in [2.05, 4.69) is 15.5 Å². The van der Waals surface area contributed by atoms with Crippen molar-refractivity contribution in [1.29, 1.82) is 0 Å². The Bertz CT molecular complexity index is 625. The van der Waals surface area contributed by atoms with E-state index in [1.165, 1.54) is 16.4 Å². The molecule has 0 saturated heterocycles. The predicted molar refractivity (Wildman–Crippen MR) is 80.7 cm³/mol. The molecule has 0 atom stereocenters. The number of nitrogens with two attached hydrogens (primary N) is 1. The number of hydrogen-bond acceptors (Lipinski definition) is 5. The van der Waals surface area contributed by atoms with E-state index in [9.17, 15) is 4.79 Å². The van der Waals surface area contributed by atoms with Gasteiger partial charge in [0.15, 0.2) is 0 Å². The second kappa shape index (κ2) is 6.34. The maximum Gasteiger partial charge on any atom is 0.234 e. The van der Waals surface area contributed by atoms with Crippen LogP contribution < -0.4 is 11.2 Å². The molecule has 2 rings (SSSR count). The van der Waals surface area contributed by atoms with Crippen molar-refractivity contribution in [3.8, 4) is 0 Å². The summed E-state index contributed by atoms with van der Waals surface area (Å²) in [6.07, 6.45) is 0. The number of para-hydroxylation sites is 1. The van der Waals surface area contributed by atoms with Gasteiger partial charge in [-0.15, -0.1) is 10.2 Å². The van der Waals surface area contributed by atoms with E-state index >= 15 is 0 Å². The first-order valence-electron chi connectivity index (χ1n) is 5.53. The van der Waals surface area contributed by atoms with Crippen LogP contribution >= 0.6 is 35.0 Å². The Kier molecular flexibility index (Phi) is 4.74. The minimum absolute atomic E-state index is 0.122. The number of aromatic nitrogens is 3. The lowest BCUT2D eigenvalue weighted by Gasteiger charge is -2.08. The highest BCUT2D eigenvalue weighted by atomic mass is 35.5. The van der Waals surface area contributed by atoms with Gasteiger partial charge in [0.2, 0.25) is 11.1 Å². The molecule has 106 valence electrons. The summed E-state index contributed by atoms with van der Waals surface area (Å²) >= 11 is 13.1. The Morgan fingerprint density at radius 2 is 2.05 bits per heavy atom. The van der Waals surface area contributed by atoms with Gasteiger partial charge in [0.1, 0.15) is 5.82 Å². The molecule has 1 aromatic carbocycles. The van der Waals surface area contributed by atoms with Crippen molar-refractivity contribution in [1.82, 2.24) is 14.9 Å². The minimum atomic E-state index is -0.259. The molecule has 0 aliphatic heterocycles. The lowest BCUT2D eigenvalue weighted by Crippen LogP contribution is -2.17. The van der Waals surface area contributed by atoms with Gasteiger partial charge in [-0.1, -0.05) is 41.0 Å². The number of nitrogens with zero attached hydrogens (tertiary/aromatic N) is 3. The van der Waals surface area contributed by atoms with Gasteiger partial charge in [-0.25, -0.2) is 4.68 Å². The van der Waals surface area contributed by atoms with E-state index in [0.717, 1.165) is 0 Å². The average Bonchev–Trinajstić information content (AvgIpc) is 2.72. The number of aryl methyl sites for hydroxylation is 1. The van der Waals surface area contributed by atoms with Crippen LogP contribution in [-0.2, 0) is 4.79 Å². The molecule has 2 aromatic rings. The fourth-order valence-electron chi connectivity index (χ4n) is 1.37. The summed E-state index contributed by atoms with van der Waals surface area (Å²) in [4.78, 5) is 11.9. The number of nitrogens with one attached hydrogen (secondary N) is 1. The predicted octanol–water partition coefficient (Wildman–Crippen LogP) is 2.34. The highest BCUT2D eigenvalue weighted by Gasteiger charge is 2.12. The van der Waals surface area contributed by atoms with Gasteiger partial charge in [0, 0.05) is 0 Å². The van der Waals surface area contributed by atoms with Gasteiger partial charge in [-0.05, 0) is 19.1 Å². The summed E-state index contributed by atoms with van der Waals surface area (Å²) in [5, 5.41) is 11.5. The van der Waals surface area contributed by atoms with Crippen molar-refractivity contribution in [3.63, 3.8) is 0 Å². The van der Waals surface area contributed by atoms with Crippen LogP contribution in [0.2, 0.25) is 10.0 Å². The van der Waals surface area contributed by atoms with Gasteiger partial charge >= 0.3 is 0 Å². The molecule has 0 unspecified atom stereocenters. The lowest BCUT2D eigenvalue weighted by molar-refractivity contribution is -0.113. The van der Waals surface area contributed by atoms with Crippen molar-refractivity contribution in [2.45, 2.75) is 12.1 Å². The highest BCUT2D eigenvalue weighted by molar-refractivity contribution is 7.99. The highest BCUT2D eigenvalue weighted by Crippen LogP contribution is 2.30. The lowest BCUT2D eigenvalue weighted by atomic mass is 10.3. The molecule has 6 nitrogen and oxygen atoms in total. The van der Waals surface area contributed by atoms with E-state index in [-0.39, 0.29) is 11.7 Å². The average molecular weight is 332 g/mol. The zero-order valence-corrected chi connectivity index (χ0v) is 12.8. The third-order valence-corrected chi connectivity index (χ3v) is 3.97. The molecular formula is C11H11Cl2N5OS. The topological polar surface area (TPSA) is 85.8 Å². The Hall–Kier alpha value is -1.44. The molecule has 0 spiro atoms. The molecule has 0 fully saturated rings. The number of rotatable bonds is 4. The molecule has 0 aliphatic rings. The van der Waals surface area contributed by atoms with Gasteiger partial charge in [0.05, 0.1) is 21.5 Å². The van der Waals surface area contributed by atoms with Gasteiger partial charge < -0.3 is 11.2 Å². The summed E-state index contributed by atoms with van der Waals surface area (Å²) in [6.45, 7) is 1.72. The number of hydrogen-bond donors (Lipinski definition) is 2. The third kappa shape index (κ3) is 3.36. The van der Waals surface area contributed by atoms with Crippen LogP contribution in [-0.4, -0.2) is 26.5 Å². The number of carbonyl (C=O) groups is 1. The molecule has 0 bridgehead atoms. The van der Waals surface area contributed by atoms with Crippen molar-refractivity contribution in [3.05, 3.63) is 34.1 Å². The van der Waals surface area contributed by atoms with Crippen LogP contribution in [0.25, 0.3) is 0 Å². The second-order valence-electron chi connectivity index (χ2n) is 3.83. The first-order valence-corrected chi connectivity index (χ1v) is 7.27. The SMILES string of the molecule is Cc1nnc(SCC(=O)Nc2c(Cl)cccc2Cl)n1N. The Balaban J connectivity index is 1.98. The van der Waals surface area contributed by atoms with Crippen LogP contribution in [0.15, 0.2) is 23.4 Å². The fraction of sp³-hybridized carbons (Fsp3) is 0.182. The van der Waals surface area contributed by atoms with E-state index < -0.39 is 0 Å². The molecule has 0 aliphatic carbocycles. The minimum Gasteiger partial charge on any atom is -0.336 e. The largest absolute Gasteiger partial charge is 0.336 e. The zero-order valence-electron chi connectivity index (χ0n) is 10.4. The molecule has 1 aromatic heterocycles. The standard InChI is InChI=1S/C11H11Cl2N5OS/c1-6-16-17-11(18(6)14)20-5-9(19)15-10-7(12)3-2-4-8(10)13/h2-4H,5,14H2,1H3,(H,15,19). The van der Waals surface area contributed by atoms with Crippen LogP contribution in [0.4, 0.5) is 5.69 Å². The summed E-state index contributed by atoms with van der Waals surface area (Å²) < 4.78 is 1.32. The number of amides is 1. The first-order chi connectivity index (χ1) is 9.49. The molecule has 0 radical (unpaired) electrons. The number of carbonyl (C=O) groups excluding carboxylic acids is 1. The molecule has 3 N–H and O–H groups in total. The molecule has 0 saturated carbocycles. The molecular weight excluding hydrogens is 321 g/mol. The number of benzene rings is 1. The van der Waals surface area contributed by atoms with Crippen LogP contribution in [0.5, 0.6) is 0 Å². The summed E-state index contributed by atoms with van der Waals surface area (Å²) in [6, 6.07) is 5.00. The maximum absolute atomic E-state index is 11.9. The number of nitrogen functional groups attached to an aromatic ring is 1. The zero-order chi connectivity index (χ0) is 14.7. The Morgan fingerprint density at radius 1 is 1.40 bits per heavy atom. The molecule has 20 heavy (non-hydrogen) atoms. The number of thioether (sulfide) groups is 1. The third-order valence-electron chi connectivity index (χ3n) is 2.39. The second-order valence-corrected chi connectivity index (χ2v) is 5.59. The Morgan fingerprint density at radius 3 is 2.60 bits per heavy atom. The van der Waals surface area contributed by atoms with Gasteiger partial charge in [-0.2, -0.15) is 0 Å². The smallest absolute Gasteiger partial charge is 0.234 e. The summed E-state index contributed by atoms with van der Waals surface area (Å²) in [5.41, 5.74) is 0.395. The van der Waals surface area contributed by atoms with Gasteiger partial charge in [0.25, 0.3) is 0 Å². The molecule has 1 amide bonds. The van der Waals surface area contributed by atoms with Crippen LogP contribution in [0.3, 0.4) is 0 Å². The monoisotopic (exact) mass is 331 g/mol. The van der Waals surface area contributed by atoms with Crippen LogP contribution in [0.1, 0.15) is 5.82 Å². The van der Waals surface area contributed by atoms with E-state index in [1.54, 1.807) is 25.1 Å². The Labute approximate surface area is 129 Å². The van der Waals surface area contributed by atoms with E-state index in [1.807, 2.05) is 0 Å². The van der Waals surface area contributed by atoms with Crippen molar-refractivity contribution < 1.29 is 4.79 Å². The molecule has 1 heterocycles. The van der Waals surface area contributed by atoms with E-state index in [0.29, 0.717) is 26.7 Å². The fourth-order valence-corrected chi connectivity index (χ4v) is 2.57. The first kappa shape index (κ1) is 15.0. The number of halogens is 2. The summed E-state index contributed by atoms with van der Waals surface area (Å²) in [7, 11) is 0. The quantitative estimate of drug-likeness (QED) is 0.663. The maximum atomic E-state index is 11.9. The van der Waals surface area contributed by atoms with Crippen LogP contribution in [0, 0.1) is 6.92 Å². The van der Waals surface area contributed by atoms with Gasteiger partial charge in [-0.3, -0.25) is 4.79 Å². The van der Waals surface area contributed by atoms with Crippen molar-refractivity contribution in [2.75, 3.05) is 16.9 Å². The molecule has 9 heteroatoms. The van der Waals surface area contributed by atoms with E-state index in [4.69, 9.17) is 29.0 Å².